The van der Waals surface area contributed by atoms with E-state index in [1.54, 1.807) is 12.1 Å². The Morgan fingerprint density at radius 1 is 1.14 bits per heavy atom. The van der Waals surface area contributed by atoms with Crippen LogP contribution < -0.4 is 10.2 Å². The second kappa shape index (κ2) is 5.81. The van der Waals surface area contributed by atoms with Gasteiger partial charge in [-0.05, 0) is 42.5 Å². The minimum atomic E-state index is -0.587. The average molecular weight is 361 g/mol. The predicted octanol–water partition coefficient (Wildman–Crippen LogP) is 2.90. The molecule has 2 amide bonds. The number of carbonyl (C=O) groups is 2. The quantitative estimate of drug-likeness (QED) is 0.825. The number of rotatable bonds is 3. The van der Waals surface area contributed by atoms with Gasteiger partial charge >= 0.3 is 0 Å². The van der Waals surface area contributed by atoms with Crippen LogP contribution in [-0.2, 0) is 9.59 Å². The lowest BCUT2D eigenvalue weighted by atomic mass is 10.2. The summed E-state index contributed by atoms with van der Waals surface area (Å²) in [4.78, 5) is 25.7. The highest BCUT2D eigenvalue weighted by Gasteiger charge is 2.39. The van der Waals surface area contributed by atoms with Crippen LogP contribution in [-0.4, -0.2) is 23.0 Å². The molecule has 112 valence electrons. The van der Waals surface area contributed by atoms with E-state index in [0.717, 1.165) is 15.1 Å². The number of anilines is 2. The van der Waals surface area contributed by atoms with Gasteiger partial charge in [0.25, 0.3) is 5.91 Å². The number of imide groups is 1. The van der Waals surface area contributed by atoms with Crippen molar-refractivity contribution >= 4 is 39.1 Å². The molecule has 3 rings (SSSR count). The lowest BCUT2D eigenvalue weighted by Crippen LogP contribution is -2.34. The summed E-state index contributed by atoms with van der Waals surface area (Å²) in [5.74, 6) is -0.467. The topological polar surface area (TPSA) is 69.6 Å². The first kappa shape index (κ1) is 14.6. The Hall–Kier alpha value is -2.34. The lowest BCUT2D eigenvalue weighted by molar-refractivity contribution is -0.121. The number of amides is 2. The van der Waals surface area contributed by atoms with E-state index in [1.165, 1.54) is 12.1 Å². The molecule has 1 unspecified atom stereocenters. The van der Waals surface area contributed by atoms with Crippen molar-refractivity contribution in [1.82, 2.24) is 0 Å². The second-order valence-electron chi connectivity index (χ2n) is 5.00. The summed E-state index contributed by atoms with van der Waals surface area (Å²) in [6, 6.07) is 12.8. The van der Waals surface area contributed by atoms with Crippen LogP contribution in [0.15, 0.2) is 53.0 Å². The molecule has 22 heavy (non-hydrogen) atoms. The van der Waals surface area contributed by atoms with Gasteiger partial charge in [0.05, 0.1) is 12.1 Å². The number of carbonyl (C=O) groups excluding carboxylic acids is 2. The minimum absolute atomic E-state index is 0.0895. The molecule has 1 aliphatic heterocycles. The summed E-state index contributed by atoms with van der Waals surface area (Å²) in [5.41, 5.74) is 1.24. The Kier molecular flexibility index (Phi) is 3.85. The number of hydrogen-bond acceptors (Lipinski definition) is 4. The summed E-state index contributed by atoms with van der Waals surface area (Å²) in [7, 11) is 0. The Morgan fingerprint density at radius 2 is 1.86 bits per heavy atom. The van der Waals surface area contributed by atoms with Crippen molar-refractivity contribution in [1.29, 1.82) is 0 Å². The van der Waals surface area contributed by atoms with Gasteiger partial charge in [-0.25, -0.2) is 4.90 Å². The Morgan fingerprint density at radius 3 is 2.55 bits per heavy atom. The van der Waals surface area contributed by atoms with Crippen LogP contribution in [0.5, 0.6) is 5.75 Å². The lowest BCUT2D eigenvalue weighted by Gasteiger charge is -2.16. The van der Waals surface area contributed by atoms with Gasteiger partial charge in [0.15, 0.2) is 0 Å². The van der Waals surface area contributed by atoms with Crippen LogP contribution in [0.1, 0.15) is 6.42 Å². The third-order valence-electron chi connectivity index (χ3n) is 3.42. The van der Waals surface area contributed by atoms with Crippen LogP contribution in [0.2, 0.25) is 0 Å². The fourth-order valence-electron chi connectivity index (χ4n) is 2.40. The second-order valence-corrected chi connectivity index (χ2v) is 5.91. The molecule has 0 aliphatic carbocycles. The smallest absolute Gasteiger partial charge is 0.256 e. The Labute approximate surface area is 135 Å². The molecule has 5 nitrogen and oxygen atoms in total. The highest BCUT2D eigenvalue weighted by Crippen LogP contribution is 2.27. The maximum absolute atomic E-state index is 12.5. The molecule has 2 aromatic carbocycles. The zero-order chi connectivity index (χ0) is 15.7. The fraction of sp³-hybridized carbons (Fsp3) is 0.125. The van der Waals surface area contributed by atoms with Gasteiger partial charge in [0, 0.05) is 10.2 Å². The van der Waals surface area contributed by atoms with Crippen LogP contribution in [0.3, 0.4) is 0 Å². The normalized spacial score (nSPS) is 17.9. The number of halogens is 1. The van der Waals surface area contributed by atoms with E-state index < -0.39 is 6.04 Å². The standard InChI is InChI=1S/C16H13BrN2O3/c17-10-2-1-3-11(8-10)18-14-9-15(21)19(16(14)22)12-4-6-13(20)7-5-12/h1-8,14,18,20H,9H2. The number of hydrogen-bond donors (Lipinski definition) is 2. The van der Waals surface area contributed by atoms with Gasteiger partial charge in [0.2, 0.25) is 5.91 Å². The average Bonchev–Trinajstić information content (AvgIpc) is 2.75. The highest BCUT2D eigenvalue weighted by molar-refractivity contribution is 9.10. The van der Waals surface area contributed by atoms with Crippen molar-refractivity contribution in [2.24, 2.45) is 0 Å². The SMILES string of the molecule is O=C1CC(Nc2cccc(Br)c2)C(=O)N1c1ccc(O)cc1. The largest absolute Gasteiger partial charge is 0.508 e. The van der Waals surface area contributed by atoms with E-state index in [4.69, 9.17) is 0 Å². The molecule has 2 N–H and O–H groups in total. The maximum atomic E-state index is 12.5. The first-order valence-electron chi connectivity index (χ1n) is 6.72. The Balaban J connectivity index is 1.81. The highest BCUT2D eigenvalue weighted by atomic mass is 79.9. The number of benzene rings is 2. The molecule has 0 radical (unpaired) electrons. The molecule has 0 spiro atoms. The fourth-order valence-corrected chi connectivity index (χ4v) is 2.80. The molecule has 1 heterocycles. The summed E-state index contributed by atoms with van der Waals surface area (Å²) in [6.07, 6.45) is 0.103. The van der Waals surface area contributed by atoms with E-state index in [0.29, 0.717) is 5.69 Å². The molecule has 6 heteroatoms. The zero-order valence-corrected chi connectivity index (χ0v) is 13.1. The van der Waals surface area contributed by atoms with Gasteiger partial charge in [-0.15, -0.1) is 0 Å². The van der Waals surface area contributed by atoms with Crippen molar-refractivity contribution < 1.29 is 14.7 Å². The molecule has 1 atom stereocenters. The van der Waals surface area contributed by atoms with Crippen LogP contribution >= 0.6 is 15.9 Å². The molecule has 2 aromatic rings. The monoisotopic (exact) mass is 360 g/mol. The number of nitrogens with one attached hydrogen (secondary N) is 1. The first-order chi connectivity index (χ1) is 10.5. The number of aromatic hydroxyl groups is 1. The number of phenolic OH excluding ortho intramolecular Hbond substituents is 1. The molecule has 0 aromatic heterocycles. The first-order valence-corrected chi connectivity index (χ1v) is 7.52. The summed E-state index contributed by atoms with van der Waals surface area (Å²) in [6.45, 7) is 0. The van der Waals surface area contributed by atoms with Crippen molar-refractivity contribution in [2.45, 2.75) is 12.5 Å². The van der Waals surface area contributed by atoms with Gasteiger partial charge < -0.3 is 10.4 Å². The summed E-state index contributed by atoms with van der Waals surface area (Å²) in [5, 5.41) is 12.4. The molecule has 0 saturated carbocycles. The van der Waals surface area contributed by atoms with Crippen molar-refractivity contribution in [3.63, 3.8) is 0 Å². The van der Waals surface area contributed by atoms with Gasteiger partial charge in [-0.1, -0.05) is 22.0 Å². The van der Waals surface area contributed by atoms with Crippen LogP contribution in [0.25, 0.3) is 0 Å². The summed E-state index contributed by atoms with van der Waals surface area (Å²) >= 11 is 3.37. The molecule has 1 aliphatic rings. The third-order valence-corrected chi connectivity index (χ3v) is 3.91. The van der Waals surface area contributed by atoms with Crippen molar-refractivity contribution in [3.05, 3.63) is 53.0 Å². The molecule has 0 bridgehead atoms. The van der Waals surface area contributed by atoms with Crippen LogP contribution in [0.4, 0.5) is 11.4 Å². The summed E-state index contributed by atoms with van der Waals surface area (Å²) < 4.78 is 0.893. The third kappa shape index (κ3) is 2.82. The zero-order valence-electron chi connectivity index (χ0n) is 11.5. The van der Waals surface area contributed by atoms with Crippen LogP contribution in [0, 0.1) is 0 Å². The Bertz CT molecular complexity index is 730. The van der Waals surface area contributed by atoms with E-state index in [9.17, 15) is 14.7 Å². The van der Waals surface area contributed by atoms with Gasteiger partial charge in [-0.3, -0.25) is 9.59 Å². The number of nitrogens with zero attached hydrogens (tertiary/aromatic N) is 1. The number of phenols is 1. The van der Waals surface area contributed by atoms with Crippen molar-refractivity contribution in [2.75, 3.05) is 10.2 Å². The molecule has 1 saturated heterocycles. The molecular weight excluding hydrogens is 348 g/mol. The van der Waals surface area contributed by atoms with E-state index in [1.807, 2.05) is 24.3 Å². The molecule has 1 fully saturated rings. The molecular formula is C16H13BrN2O3. The predicted molar refractivity (Wildman–Crippen MR) is 86.8 cm³/mol. The van der Waals surface area contributed by atoms with E-state index in [-0.39, 0.29) is 24.0 Å². The van der Waals surface area contributed by atoms with E-state index >= 15 is 0 Å². The van der Waals surface area contributed by atoms with Gasteiger partial charge in [0.1, 0.15) is 11.8 Å². The maximum Gasteiger partial charge on any atom is 0.256 e. The minimum Gasteiger partial charge on any atom is -0.508 e. The van der Waals surface area contributed by atoms with Crippen molar-refractivity contribution in [3.8, 4) is 5.75 Å². The van der Waals surface area contributed by atoms with E-state index in [2.05, 4.69) is 21.2 Å². The van der Waals surface area contributed by atoms with Gasteiger partial charge in [-0.2, -0.15) is 0 Å².